The number of nitrogens with two attached hydrogens (primary N) is 1. The molecule has 7 heteroatoms. The van der Waals surface area contributed by atoms with Gasteiger partial charge in [0.2, 0.25) is 5.91 Å². The van der Waals surface area contributed by atoms with Crippen LogP contribution in [0.5, 0.6) is 0 Å². The van der Waals surface area contributed by atoms with Crippen molar-refractivity contribution in [3.05, 3.63) is 35.4 Å². The average Bonchev–Trinajstić information content (AvgIpc) is 2.34. The lowest BCUT2D eigenvalue weighted by molar-refractivity contribution is -0.137. The molecule has 0 aliphatic rings. The summed E-state index contributed by atoms with van der Waals surface area (Å²) in [5, 5.41) is 0. The second-order valence-electron chi connectivity index (χ2n) is 4.46. The maximum atomic E-state index is 12.6. The van der Waals surface area contributed by atoms with Crippen LogP contribution in [-0.2, 0) is 11.0 Å². The van der Waals surface area contributed by atoms with Crippen LogP contribution in [0.25, 0.3) is 0 Å². The van der Waals surface area contributed by atoms with Gasteiger partial charge in [0.05, 0.1) is 5.56 Å². The van der Waals surface area contributed by atoms with E-state index in [9.17, 15) is 18.0 Å². The summed E-state index contributed by atoms with van der Waals surface area (Å²) < 4.78 is 37.7. The molecular formula is C13H18ClF3N2O. The molecule has 0 aromatic heterocycles. The van der Waals surface area contributed by atoms with Crippen LogP contribution >= 0.6 is 12.4 Å². The van der Waals surface area contributed by atoms with Crippen LogP contribution in [0.15, 0.2) is 24.3 Å². The number of hydrogen-bond acceptors (Lipinski definition) is 2. The van der Waals surface area contributed by atoms with Gasteiger partial charge < -0.3 is 10.6 Å². The summed E-state index contributed by atoms with van der Waals surface area (Å²) in [5.74, 6) is -0.101. The SMILES string of the molecule is CC(=O)N(C)CCC(N)c1cccc(C(F)(F)F)c1.Cl. The van der Waals surface area contributed by atoms with Crippen LogP contribution in [0, 0.1) is 0 Å². The third-order valence-corrected chi connectivity index (χ3v) is 2.96. The summed E-state index contributed by atoms with van der Waals surface area (Å²) in [6.07, 6.45) is -3.96. The number of amides is 1. The van der Waals surface area contributed by atoms with E-state index in [0.717, 1.165) is 12.1 Å². The number of nitrogens with zero attached hydrogens (tertiary/aromatic N) is 1. The monoisotopic (exact) mass is 310 g/mol. The molecule has 0 saturated carbocycles. The van der Waals surface area contributed by atoms with Crippen molar-refractivity contribution < 1.29 is 18.0 Å². The van der Waals surface area contributed by atoms with Crippen molar-refractivity contribution in [2.75, 3.05) is 13.6 Å². The molecule has 1 rings (SSSR count). The van der Waals surface area contributed by atoms with E-state index in [1.807, 2.05) is 0 Å². The highest BCUT2D eigenvalue weighted by Gasteiger charge is 2.30. The van der Waals surface area contributed by atoms with E-state index in [4.69, 9.17) is 5.73 Å². The third-order valence-electron chi connectivity index (χ3n) is 2.96. The Bertz CT molecular complexity index is 451. The van der Waals surface area contributed by atoms with Gasteiger partial charge in [-0.05, 0) is 24.1 Å². The van der Waals surface area contributed by atoms with Crippen molar-refractivity contribution >= 4 is 18.3 Å². The molecule has 20 heavy (non-hydrogen) atoms. The van der Waals surface area contributed by atoms with Crippen molar-refractivity contribution in [3.8, 4) is 0 Å². The quantitative estimate of drug-likeness (QED) is 0.929. The second-order valence-corrected chi connectivity index (χ2v) is 4.46. The Kier molecular flexibility index (Phi) is 7.02. The molecule has 0 saturated heterocycles. The first-order chi connectivity index (χ1) is 8.71. The van der Waals surface area contributed by atoms with Gasteiger partial charge in [-0.3, -0.25) is 4.79 Å². The highest BCUT2D eigenvalue weighted by Crippen LogP contribution is 2.30. The van der Waals surface area contributed by atoms with Crippen molar-refractivity contribution in [2.24, 2.45) is 5.73 Å². The Morgan fingerprint density at radius 3 is 2.50 bits per heavy atom. The summed E-state index contributed by atoms with van der Waals surface area (Å²) in [5.41, 5.74) is 5.57. The largest absolute Gasteiger partial charge is 0.416 e. The molecule has 1 aromatic rings. The molecule has 0 spiro atoms. The predicted molar refractivity (Wildman–Crippen MR) is 73.5 cm³/mol. The first-order valence-corrected chi connectivity index (χ1v) is 5.86. The minimum Gasteiger partial charge on any atom is -0.346 e. The minimum atomic E-state index is -4.37. The predicted octanol–water partition coefficient (Wildman–Crippen LogP) is 3.00. The van der Waals surface area contributed by atoms with Crippen molar-refractivity contribution in [1.82, 2.24) is 4.90 Å². The lowest BCUT2D eigenvalue weighted by Gasteiger charge is -2.19. The summed E-state index contributed by atoms with van der Waals surface area (Å²) >= 11 is 0. The molecule has 0 heterocycles. The van der Waals surface area contributed by atoms with Crippen molar-refractivity contribution in [2.45, 2.75) is 25.6 Å². The number of alkyl halides is 3. The zero-order valence-corrected chi connectivity index (χ0v) is 12.1. The Morgan fingerprint density at radius 2 is 2.00 bits per heavy atom. The molecule has 1 amide bonds. The van der Waals surface area contributed by atoms with E-state index in [1.54, 1.807) is 13.1 Å². The molecule has 1 unspecified atom stereocenters. The van der Waals surface area contributed by atoms with Crippen LogP contribution in [0.2, 0.25) is 0 Å². The summed E-state index contributed by atoms with van der Waals surface area (Å²) in [7, 11) is 1.63. The van der Waals surface area contributed by atoms with E-state index in [2.05, 4.69) is 0 Å². The molecule has 3 nitrogen and oxygen atoms in total. The first-order valence-electron chi connectivity index (χ1n) is 5.86. The van der Waals surface area contributed by atoms with Crippen LogP contribution in [0.4, 0.5) is 13.2 Å². The molecule has 114 valence electrons. The molecule has 0 aliphatic carbocycles. The van der Waals surface area contributed by atoms with Crippen molar-refractivity contribution in [3.63, 3.8) is 0 Å². The topological polar surface area (TPSA) is 46.3 Å². The molecule has 0 aliphatic heterocycles. The zero-order chi connectivity index (χ0) is 14.6. The summed E-state index contributed by atoms with van der Waals surface area (Å²) in [6.45, 7) is 1.84. The highest BCUT2D eigenvalue weighted by molar-refractivity contribution is 5.85. The molecule has 0 radical (unpaired) electrons. The minimum absolute atomic E-state index is 0. The van der Waals surface area contributed by atoms with Crippen molar-refractivity contribution in [1.29, 1.82) is 0 Å². The number of carbonyl (C=O) groups is 1. The number of halogens is 4. The van der Waals surface area contributed by atoms with Crippen LogP contribution in [0.3, 0.4) is 0 Å². The summed E-state index contributed by atoms with van der Waals surface area (Å²) in [4.78, 5) is 12.5. The molecule has 0 fully saturated rings. The van der Waals surface area contributed by atoms with E-state index < -0.39 is 17.8 Å². The number of benzene rings is 1. The Hall–Kier alpha value is -1.27. The fourth-order valence-corrected chi connectivity index (χ4v) is 1.60. The van der Waals surface area contributed by atoms with Gasteiger partial charge in [0, 0.05) is 26.6 Å². The Morgan fingerprint density at radius 1 is 1.40 bits per heavy atom. The number of carbonyl (C=O) groups excluding carboxylic acids is 1. The van der Waals surface area contributed by atoms with Crippen LogP contribution in [0.1, 0.15) is 30.5 Å². The number of hydrogen-bond donors (Lipinski definition) is 1. The Labute approximate surface area is 122 Å². The van der Waals surface area contributed by atoms with Gasteiger partial charge in [-0.1, -0.05) is 12.1 Å². The summed E-state index contributed by atoms with van der Waals surface area (Å²) in [6, 6.07) is 4.44. The maximum Gasteiger partial charge on any atom is 0.416 e. The molecule has 1 atom stereocenters. The lowest BCUT2D eigenvalue weighted by atomic mass is 10.0. The molecule has 2 N–H and O–H groups in total. The van der Waals surface area contributed by atoms with E-state index in [1.165, 1.54) is 17.9 Å². The van der Waals surface area contributed by atoms with Gasteiger partial charge in [0.1, 0.15) is 0 Å². The normalized spacial score (nSPS) is 12.5. The number of rotatable bonds is 4. The fraction of sp³-hybridized carbons (Fsp3) is 0.462. The molecule has 1 aromatic carbocycles. The molecular weight excluding hydrogens is 293 g/mol. The van der Waals surface area contributed by atoms with Crippen LogP contribution < -0.4 is 5.73 Å². The maximum absolute atomic E-state index is 12.6. The van der Waals surface area contributed by atoms with E-state index >= 15 is 0 Å². The Balaban J connectivity index is 0.00000361. The smallest absolute Gasteiger partial charge is 0.346 e. The fourth-order valence-electron chi connectivity index (χ4n) is 1.60. The second kappa shape index (κ2) is 7.50. The van der Waals surface area contributed by atoms with Gasteiger partial charge in [0.25, 0.3) is 0 Å². The first kappa shape index (κ1) is 18.7. The van der Waals surface area contributed by atoms with Gasteiger partial charge in [-0.25, -0.2) is 0 Å². The van der Waals surface area contributed by atoms with E-state index in [0.29, 0.717) is 18.5 Å². The average molecular weight is 311 g/mol. The van der Waals surface area contributed by atoms with Gasteiger partial charge in [-0.15, -0.1) is 12.4 Å². The van der Waals surface area contributed by atoms with Gasteiger partial charge >= 0.3 is 6.18 Å². The molecule has 0 bridgehead atoms. The highest BCUT2D eigenvalue weighted by atomic mass is 35.5. The third kappa shape index (κ3) is 5.38. The van der Waals surface area contributed by atoms with Gasteiger partial charge in [-0.2, -0.15) is 13.2 Å². The lowest BCUT2D eigenvalue weighted by Crippen LogP contribution is -2.27. The van der Waals surface area contributed by atoms with Crippen LogP contribution in [-0.4, -0.2) is 24.4 Å². The van der Waals surface area contributed by atoms with E-state index in [-0.39, 0.29) is 18.3 Å². The standard InChI is InChI=1S/C13H17F3N2O.ClH/c1-9(19)18(2)7-6-12(17)10-4-3-5-11(8-10)13(14,15)16;/h3-5,8,12H,6-7,17H2,1-2H3;1H. The zero-order valence-electron chi connectivity index (χ0n) is 11.3. The van der Waals surface area contributed by atoms with Gasteiger partial charge in [0.15, 0.2) is 0 Å².